The third-order valence-corrected chi connectivity index (χ3v) is 3.33. The first-order chi connectivity index (χ1) is 8.52. The molecule has 0 spiro atoms. The fraction of sp³-hybridized carbons (Fsp3) is 0.500. The van der Waals surface area contributed by atoms with Gasteiger partial charge in [-0.1, -0.05) is 6.07 Å². The monoisotopic (exact) mass is 249 g/mol. The Labute approximate surface area is 107 Å². The Kier molecular flexibility index (Phi) is 3.68. The van der Waals surface area contributed by atoms with E-state index >= 15 is 0 Å². The molecule has 1 aliphatic carbocycles. The van der Waals surface area contributed by atoms with Crippen LogP contribution in [-0.4, -0.2) is 34.9 Å². The zero-order valence-corrected chi connectivity index (χ0v) is 10.6. The van der Waals surface area contributed by atoms with Gasteiger partial charge in [0.05, 0.1) is 6.61 Å². The van der Waals surface area contributed by atoms with Crippen molar-refractivity contribution < 1.29 is 15.0 Å². The number of aliphatic hydroxyl groups excluding tert-OH is 1. The summed E-state index contributed by atoms with van der Waals surface area (Å²) in [6, 6.07) is 5.74. The van der Waals surface area contributed by atoms with Crippen LogP contribution in [0.25, 0.3) is 0 Å². The van der Waals surface area contributed by atoms with Crippen LogP contribution in [0.4, 0.5) is 0 Å². The van der Waals surface area contributed by atoms with Gasteiger partial charge in [0.15, 0.2) is 0 Å². The first-order valence-corrected chi connectivity index (χ1v) is 6.25. The molecule has 0 heterocycles. The van der Waals surface area contributed by atoms with Crippen molar-refractivity contribution in [2.45, 2.75) is 31.8 Å². The second-order valence-corrected chi connectivity index (χ2v) is 5.17. The third kappa shape index (κ3) is 2.89. The highest BCUT2D eigenvalue weighted by molar-refractivity contribution is 5.94. The number of amides is 1. The van der Waals surface area contributed by atoms with E-state index in [0.29, 0.717) is 5.56 Å². The third-order valence-electron chi connectivity index (χ3n) is 3.33. The van der Waals surface area contributed by atoms with Crippen LogP contribution in [0, 0.1) is 0 Å². The Morgan fingerprint density at radius 3 is 2.83 bits per heavy atom. The van der Waals surface area contributed by atoms with Crippen molar-refractivity contribution in [1.29, 1.82) is 0 Å². The van der Waals surface area contributed by atoms with E-state index in [1.807, 2.05) is 18.2 Å². The van der Waals surface area contributed by atoms with Gasteiger partial charge in [-0.25, -0.2) is 0 Å². The fourth-order valence-electron chi connectivity index (χ4n) is 2.14. The quantitative estimate of drug-likeness (QED) is 0.733. The largest absolute Gasteiger partial charge is 0.393 e. The van der Waals surface area contributed by atoms with Gasteiger partial charge >= 0.3 is 0 Å². The molecule has 1 aromatic carbocycles. The van der Waals surface area contributed by atoms with Gasteiger partial charge in [0.2, 0.25) is 0 Å². The van der Waals surface area contributed by atoms with Gasteiger partial charge < -0.3 is 15.5 Å². The molecule has 1 aromatic rings. The molecule has 0 aliphatic heterocycles. The van der Waals surface area contributed by atoms with Gasteiger partial charge in [0.1, 0.15) is 5.60 Å². The number of aryl methyl sites for hydroxylation is 2. The van der Waals surface area contributed by atoms with Gasteiger partial charge in [-0.15, -0.1) is 0 Å². The molecule has 0 saturated heterocycles. The molecule has 0 fully saturated rings. The highest BCUT2D eigenvalue weighted by Crippen LogP contribution is 2.22. The summed E-state index contributed by atoms with van der Waals surface area (Å²) in [6.45, 7) is 1.15. The smallest absolute Gasteiger partial charge is 0.251 e. The van der Waals surface area contributed by atoms with E-state index in [9.17, 15) is 9.90 Å². The highest BCUT2D eigenvalue weighted by atomic mass is 16.3. The van der Waals surface area contributed by atoms with Crippen LogP contribution in [0.15, 0.2) is 18.2 Å². The van der Waals surface area contributed by atoms with Crippen LogP contribution in [0.5, 0.6) is 0 Å². The van der Waals surface area contributed by atoms with E-state index in [2.05, 4.69) is 5.32 Å². The molecule has 2 rings (SSSR count). The summed E-state index contributed by atoms with van der Waals surface area (Å²) in [5, 5.41) is 21.1. The summed E-state index contributed by atoms with van der Waals surface area (Å²) in [5.74, 6) is -0.210. The maximum absolute atomic E-state index is 11.9. The maximum atomic E-state index is 11.9. The molecule has 0 radical (unpaired) electrons. The zero-order chi connectivity index (χ0) is 13.2. The van der Waals surface area contributed by atoms with E-state index in [-0.39, 0.29) is 19.1 Å². The van der Waals surface area contributed by atoms with E-state index in [0.717, 1.165) is 19.3 Å². The average Bonchev–Trinajstić information content (AvgIpc) is 2.83. The number of benzene rings is 1. The van der Waals surface area contributed by atoms with Gasteiger partial charge in [-0.3, -0.25) is 4.79 Å². The predicted molar refractivity (Wildman–Crippen MR) is 68.5 cm³/mol. The Hall–Kier alpha value is -1.39. The number of carbonyl (C=O) groups is 1. The molecule has 3 N–H and O–H groups in total. The summed E-state index contributed by atoms with van der Waals surface area (Å²) in [7, 11) is 0. The standard InChI is InChI=1S/C14H19NO3/c1-14(18,9-16)8-15-13(17)12-6-5-10-3-2-4-11(10)7-12/h5-7,16,18H,2-4,8-9H2,1H3,(H,15,17). The lowest BCUT2D eigenvalue weighted by Crippen LogP contribution is -2.43. The fourth-order valence-corrected chi connectivity index (χ4v) is 2.14. The Bertz CT molecular complexity index is 454. The first-order valence-electron chi connectivity index (χ1n) is 6.25. The molecule has 0 saturated carbocycles. The number of carbonyl (C=O) groups excluding carboxylic acids is 1. The number of aliphatic hydroxyl groups is 2. The normalized spacial score (nSPS) is 17.1. The molecule has 1 atom stereocenters. The van der Waals surface area contributed by atoms with Crippen molar-refractivity contribution in [1.82, 2.24) is 5.32 Å². The Morgan fingerprint density at radius 1 is 1.39 bits per heavy atom. The van der Waals surface area contributed by atoms with Crippen LogP contribution in [0.1, 0.15) is 34.8 Å². The van der Waals surface area contributed by atoms with Crippen LogP contribution in [-0.2, 0) is 12.8 Å². The molecule has 1 unspecified atom stereocenters. The van der Waals surface area contributed by atoms with Crippen molar-refractivity contribution in [2.24, 2.45) is 0 Å². The Balaban J connectivity index is 2.01. The van der Waals surface area contributed by atoms with Crippen LogP contribution >= 0.6 is 0 Å². The summed E-state index contributed by atoms with van der Waals surface area (Å²) in [4.78, 5) is 11.9. The molecule has 1 amide bonds. The van der Waals surface area contributed by atoms with Crippen molar-refractivity contribution in [3.8, 4) is 0 Å². The lowest BCUT2D eigenvalue weighted by atomic mass is 10.1. The molecule has 98 valence electrons. The van der Waals surface area contributed by atoms with Gasteiger partial charge in [0.25, 0.3) is 5.91 Å². The van der Waals surface area contributed by atoms with E-state index in [4.69, 9.17) is 5.11 Å². The minimum atomic E-state index is -1.27. The minimum absolute atomic E-state index is 0.0411. The number of hydrogen-bond acceptors (Lipinski definition) is 3. The Morgan fingerprint density at radius 2 is 2.11 bits per heavy atom. The number of rotatable bonds is 4. The van der Waals surface area contributed by atoms with Crippen LogP contribution < -0.4 is 5.32 Å². The first kappa shape index (κ1) is 13.1. The molecule has 0 aromatic heterocycles. The van der Waals surface area contributed by atoms with Gasteiger partial charge in [0, 0.05) is 12.1 Å². The molecule has 18 heavy (non-hydrogen) atoms. The van der Waals surface area contributed by atoms with Gasteiger partial charge in [-0.05, 0) is 49.4 Å². The van der Waals surface area contributed by atoms with E-state index < -0.39 is 5.60 Å². The molecule has 4 heteroatoms. The van der Waals surface area contributed by atoms with Crippen molar-refractivity contribution >= 4 is 5.91 Å². The van der Waals surface area contributed by atoms with Crippen LogP contribution in [0.2, 0.25) is 0 Å². The topological polar surface area (TPSA) is 69.6 Å². The second-order valence-electron chi connectivity index (χ2n) is 5.17. The lowest BCUT2D eigenvalue weighted by Gasteiger charge is -2.20. The molecule has 0 bridgehead atoms. The summed E-state index contributed by atoms with van der Waals surface area (Å²) >= 11 is 0. The number of nitrogens with one attached hydrogen (secondary N) is 1. The zero-order valence-electron chi connectivity index (χ0n) is 10.6. The SMILES string of the molecule is CC(O)(CO)CNC(=O)c1ccc2c(c1)CCC2. The van der Waals surface area contributed by atoms with E-state index in [1.54, 1.807) is 0 Å². The van der Waals surface area contributed by atoms with E-state index in [1.165, 1.54) is 18.1 Å². The minimum Gasteiger partial charge on any atom is -0.393 e. The van der Waals surface area contributed by atoms with Crippen molar-refractivity contribution in [3.63, 3.8) is 0 Å². The second kappa shape index (κ2) is 5.08. The molecule has 1 aliphatic rings. The average molecular weight is 249 g/mol. The predicted octanol–water partition coefficient (Wildman–Crippen LogP) is 0.648. The van der Waals surface area contributed by atoms with Crippen molar-refractivity contribution in [2.75, 3.05) is 13.2 Å². The molecule has 4 nitrogen and oxygen atoms in total. The molecular formula is C14H19NO3. The number of hydrogen-bond donors (Lipinski definition) is 3. The van der Waals surface area contributed by atoms with Gasteiger partial charge in [-0.2, -0.15) is 0 Å². The number of fused-ring (bicyclic) bond motifs is 1. The summed E-state index contributed by atoms with van der Waals surface area (Å²) in [5.41, 5.74) is 1.92. The maximum Gasteiger partial charge on any atom is 0.251 e. The van der Waals surface area contributed by atoms with Crippen LogP contribution in [0.3, 0.4) is 0 Å². The van der Waals surface area contributed by atoms with Crippen molar-refractivity contribution in [3.05, 3.63) is 34.9 Å². The molecular weight excluding hydrogens is 230 g/mol. The summed E-state index contributed by atoms with van der Waals surface area (Å²) < 4.78 is 0. The summed E-state index contributed by atoms with van der Waals surface area (Å²) in [6.07, 6.45) is 3.28. The lowest BCUT2D eigenvalue weighted by molar-refractivity contribution is 0.00320. The highest BCUT2D eigenvalue weighted by Gasteiger charge is 2.20.